The number of ether oxygens (including phenoxy) is 1. The van der Waals surface area contributed by atoms with E-state index in [-0.39, 0.29) is 6.04 Å². The average Bonchev–Trinajstić information content (AvgIpc) is 3.44. The minimum Gasteiger partial charge on any atom is -0.389 e. The van der Waals surface area contributed by atoms with Gasteiger partial charge in [-0.15, -0.1) is 0 Å². The molecular weight excluding hydrogens is 406 g/mol. The number of aromatic amines is 1. The van der Waals surface area contributed by atoms with Gasteiger partial charge in [0.05, 0.1) is 42.8 Å². The van der Waals surface area contributed by atoms with Gasteiger partial charge in [-0.2, -0.15) is 10.2 Å². The van der Waals surface area contributed by atoms with E-state index in [9.17, 15) is 5.11 Å². The molecule has 9 heteroatoms. The minimum atomic E-state index is -0.851. The van der Waals surface area contributed by atoms with Gasteiger partial charge in [0.25, 0.3) is 0 Å². The molecule has 9 nitrogen and oxygen atoms in total. The van der Waals surface area contributed by atoms with Crippen molar-refractivity contribution in [3.05, 3.63) is 42.9 Å². The molecule has 1 aliphatic heterocycles. The van der Waals surface area contributed by atoms with E-state index in [2.05, 4.69) is 33.1 Å². The largest absolute Gasteiger partial charge is 0.389 e. The molecule has 1 unspecified atom stereocenters. The molecule has 2 N–H and O–H groups in total. The molecule has 0 aliphatic carbocycles. The van der Waals surface area contributed by atoms with Gasteiger partial charge in [0, 0.05) is 36.1 Å². The molecule has 1 atom stereocenters. The number of nitrogens with zero attached hydrogens (tertiary/aromatic N) is 6. The summed E-state index contributed by atoms with van der Waals surface area (Å²) in [6.07, 6.45) is 5.39. The van der Waals surface area contributed by atoms with Crippen LogP contribution in [0.1, 0.15) is 20.8 Å². The van der Waals surface area contributed by atoms with Crippen LogP contribution in [0.3, 0.4) is 0 Å². The van der Waals surface area contributed by atoms with E-state index < -0.39 is 5.60 Å². The summed E-state index contributed by atoms with van der Waals surface area (Å²) >= 11 is 0. The molecule has 1 aliphatic rings. The highest BCUT2D eigenvalue weighted by Crippen LogP contribution is 2.35. The van der Waals surface area contributed by atoms with Crippen LogP contribution < -0.4 is 4.90 Å². The lowest BCUT2D eigenvalue weighted by atomic mass is 10.0. The number of aliphatic hydroxyl groups is 1. The topological polar surface area (TPSA) is 105 Å². The lowest BCUT2D eigenvalue weighted by Gasteiger charge is -2.34. The van der Waals surface area contributed by atoms with Gasteiger partial charge in [-0.3, -0.25) is 14.8 Å². The number of hydrogen-bond acceptors (Lipinski definition) is 7. The first-order valence-electron chi connectivity index (χ1n) is 10.8. The molecule has 0 radical (unpaired) electrons. The van der Waals surface area contributed by atoms with Gasteiger partial charge < -0.3 is 14.7 Å². The summed E-state index contributed by atoms with van der Waals surface area (Å²) in [5, 5.41) is 23.0. The van der Waals surface area contributed by atoms with E-state index in [4.69, 9.17) is 14.8 Å². The number of aromatic nitrogens is 6. The number of hydrogen-bond donors (Lipinski definition) is 2. The third-order valence-electron chi connectivity index (χ3n) is 5.60. The Bertz CT molecular complexity index is 1230. The molecule has 1 fully saturated rings. The molecule has 4 aromatic rings. The molecule has 4 aromatic heterocycles. The van der Waals surface area contributed by atoms with Crippen molar-refractivity contribution >= 4 is 16.7 Å². The Morgan fingerprint density at radius 2 is 2.12 bits per heavy atom. The van der Waals surface area contributed by atoms with Crippen molar-refractivity contribution in [2.75, 3.05) is 24.7 Å². The van der Waals surface area contributed by atoms with Crippen LogP contribution in [0.2, 0.25) is 0 Å². The van der Waals surface area contributed by atoms with Crippen LogP contribution in [-0.2, 0) is 11.3 Å². The number of pyridine rings is 2. The molecule has 0 amide bonds. The van der Waals surface area contributed by atoms with Crippen molar-refractivity contribution in [3.63, 3.8) is 0 Å². The monoisotopic (exact) mass is 433 g/mol. The molecule has 166 valence electrons. The van der Waals surface area contributed by atoms with Crippen molar-refractivity contribution < 1.29 is 9.84 Å². The SMILES string of the molecule is CC1COCCN1c1cc(-c2ccn(CC(C)(C)O)n2)c2ccnc(-c3ccn[nH]3)c2n1. The first kappa shape index (κ1) is 20.6. The van der Waals surface area contributed by atoms with E-state index in [1.54, 1.807) is 30.9 Å². The maximum absolute atomic E-state index is 10.2. The average molecular weight is 434 g/mol. The van der Waals surface area contributed by atoms with Crippen LogP contribution in [0.4, 0.5) is 5.82 Å². The Morgan fingerprint density at radius 1 is 1.25 bits per heavy atom. The highest BCUT2D eigenvalue weighted by atomic mass is 16.5. The van der Waals surface area contributed by atoms with Crippen LogP contribution in [0.15, 0.2) is 42.9 Å². The second kappa shape index (κ2) is 7.99. The summed E-state index contributed by atoms with van der Waals surface area (Å²) in [6, 6.07) is 8.15. The maximum Gasteiger partial charge on any atom is 0.130 e. The molecule has 32 heavy (non-hydrogen) atoms. The number of rotatable bonds is 5. The summed E-state index contributed by atoms with van der Waals surface area (Å²) in [6.45, 7) is 8.20. The molecular formula is C23H27N7O2. The first-order chi connectivity index (χ1) is 15.4. The number of fused-ring (bicyclic) bond motifs is 1. The van der Waals surface area contributed by atoms with Gasteiger partial charge in [0.15, 0.2) is 0 Å². The van der Waals surface area contributed by atoms with E-state index in [0.717, 1.165) is 45.9 Å². The van der Waals surface area contributed by atoms with E-state index >= 15 is 0 Å². The van der Waals surface area contributed by atoms with Gasteiger partial charge in [0.2, 0.25) is 0 Å². The van der Waals surface area contributed by atoms with Gasteiger partial charge >= 0.3 is 0 Å². The van der Waals surface area contributed by atoms with Crippen molar-refractivity contribution in [2.45, 2.75) is 39.0 Å². The highest BCUT2D eigenvalue weighted by molar-refractivity contribution is 6.00. The van der Waals surface area contributed by atoms with Crippen molar-refractivity contribution in [3.8, 4) is 22.6 Å². The fourth-order valence-electron chi connectivity index (χ4n) is 4.14. The fraction of sp³-hybridized carbons (Fsp3) is 0.391. The van der Waals surface area contributed by atoms with Gasteiger partial charge in [-0.05, 0) is 45.0 Å². The second-order valence-electron chi connectivity index (χ2n) is 8.88. The van der Waals surface area contributed by atoms with E-state index in [0.29, 0.717) is 19.8 Å². The number of H-pyrrole nitrogens is 1. The maximum atomic E-state index is 10.2. The molecule has 1 saturated heterocycles. The predicted molar refractivity (Wildman–Crippen MR) is 122 cm³/mol. The van der Waals surface area contributed by atoms with Gasteiger partial charge in [0.1, 0.15) is 17.0 Å². The summed E-state index contributed by atoms with van der Waals surface area (Å²) in [5.41, 5.74) is 3.30. The molecule has 0 spiro atoms. The van der Waals surface area contributed by atoms with Gasteiger partial charge in [-0.25, -0.2) is 4.98 Å². The van der Waals surface area contributed by atoms with Crippen molar-refractivity contribution in [2.24, 2.45) is 0 Å². The van der Waals surface area contributed by atoms with Crippen molar-refractivity contribution in [1.29, 1.82) is 0 Å². The quantitative estimate of drug-likeness (QED) is 0.499. The minimum absolute atomic E-state index is 0.210. The predicted octanol–water partition coefficient (Wildman–Crippen LogP) is 2.88. The van der Waals surface area contributed by atoms with Crippen LogP contribution in [0.25, 0.3) is 33.5 Å². The lowest BCUT2D eigenvalue weighted by molar-refractivity contribution is 0.0578. The lowest BCUT2D eigenvalue weighted by Crippen LogP contribution is -2.44. The summed E-state index contributed by atoms with van der Waals surface area (Å²) in [5.74, 6) is 0.870. The molecule has 5 rings (SSSR count). The second-order valence-corrected chi connectivity index (χ2v) is 8.88. The summed E-state index contributed by atoms with van der Waals surface area (Å²) in [7, 11) is 0. The zero-order chi connectivity index (χ0) is 22.3. The summed E-state index contributed by atoms with van der Waals surface area (Å²) < 4.78 is 7.41. The molecule has 0 bridgehead atoms. The Balaban J connectivity index is 1.70. The van der Waals surface area contributed by atoms with Gasteiger partial charge in [-0.1, -0.05) is 0 Å². The van der Waals surface area contributed by atoms with Crippen LogP contribution in [0.5, 0.6) is 0 Å². The number of anilines is 1. The van der Waals surface area contributed by atoms with Crippen LogP contribution in [-0.4, -0.2) is 66.5 Å². The molecule has 0 saturated carbocycles. The Morgan fingerprint density at radius 3 is 2.88 bits per heavy atom. The van der Waals surface area contributed by atoms with Crippen LogP contribution in [0, 0.1) is 0 Å². The Labute approximate surface area is 186 Å². The van der Waals surface area contributed by atoms with E-state index in [1.165, 1.54) is 0 Å². The standard InChI is InChI=1S/C23H27N7O2/c1-15-13-32-11-10-30(15)20-12-17(18-6-9-29(28-18)14-23(2,3)31)16-4-7-24-22(21(16)26-20)19-5-8-25-27-19/h4-9,12,15,31H,10-11,13-14H2,1-3H3,(H,25,27). The zero-order valence-electron chi connectivity index (χ0n) is 18.5. The normalized spacial score (nSPS) is 17.2. The highest BCUT2D eigenvalue weighted by Gasteiger charge is 2.24. The van der Waals surface area contributed by atoms with Crippen molar-refractivity contribution in [1.82, 2.24) is 29.9 Å². The van der Waals surface area contributed by atoms with Crippen LogP contribution >= 0.6 is 0 Å². The zero-order valence-corrected chi connectivity index (χ0v) is 18.5. The molecule has 5 heterocycles. The summed E-state index contributed by atoms with van der Waals surface area (Å²) in [4.78, 5) is 11.9. The Kier molecular flexibility index (Phi) is 5.15. The smallest absolute Gasteiger partial charge is 0.130 e. The third-order valence-corrected chi connectivity index (χ3v) is 5.60. The number of nitrogens with one attached hydrogen (secondary N) is 1. The molecule has 0 aromatic carbocycles. The Hall–Kier alpha value is -3.30. The number of morpholine rings is 1. The van der Waals surface area contributed by atoms with E-state index in [1.807, 2.05) is 24.4 Å². The first-order valence-corrected chi connectivity index (χ1v) is 10.8. The fourth-order valence-corrected chi connectivity index (χ4v) is 4.14. The third kappa shape index (κ3) is 3.96.